The van der Waals surface area contributed by atoms with Crippen LogP contribution in [0, 0.1) is 0 Å². The lowest BCUT2D eigenvalue weighted by Gasteiger charge is -2.30. The van der Waals surface area contributed by atoms with Crippen LogP contribution in [0.4, 0.5) is 4.79 Å². The molecule has 106 valence electrons. The first-order chi connectivity index (χ1) is 8.20. The lowest BCUT2D eigenvalue weighted by atomic mass is 10.1. The third-order valence-electron chi connectivity index (χ3n) is 2.15. The summed E-state index contributed by atoms with van der Waals surface area (Å²) in [5, 5.41) is 0.325. The quantitative estimate of drug-likeness (QED) is 0.593. The summed E-state index contributed by atoms with van der Waals surface area (Å²) in [6, 6.07) is -0.876. The normalized spacial score (nSPS) is 13.3. The highest BCUT2D eigenvalue weighted by atomic mass is 32.2. The highest BCUT2D eigenvalue weighted by Gasteiger charge is 2.35. The third-order valence-corrected chi connectivity index (χ3v) is 3.48. The van der Waals surface area contributed by atoms with Crippen molar-refractivity contribution in [3.63, 3.8) is 0 Å². The largest absolute Gasteiger partial charge is 0.516 e. The van der Waals surface area contributed by atoms with Crippen LogP contribution in [0.25, 0.3) is 0 Å². The van der Waals surface area contributed by atoms with Crippen LogP contribution in [0.1, 0.15) is 41.0 Å². The van der Waals surface area contributed by atoms with Gasteiger partial charge in [-0.25, -0.2) is 9.59 Å². The van der Waals surface area contributed by atoms with Crippen molar-refractivity contribution in [1.29, 1.82) is 0 Å². The fraction of sp³-hybridized carbons (Fsp3) is 0.833. The zero-order valence-electron chi connectivity index (χ0n) is 11.7. The molecule has 2 N–H and O–H groups in total. The van der Waals surface area contributed by atoms with E-state index in [1.807, 2.05) is 34.6 Å². The molecule has 0 aromatic rings. The van der Waals surface area contributed by atoms with E-state index < -0.39 is 22.9 Å². The summed E-state index contributed by atoms with van der Waals surface area (Å²) in [6.45, 7) is 9.80. The Balaban J connectivity index is 4.36. The molecule has 5 nitrogen and oxygen atoms in total. The standard InChI is InChI=1S/C12H23NO4S/c1-6-7-16-11(15)17-10(14)9(13)12(4,5)18-8(2)3/h8-9H,6-7,13H2,1-5H3/t9-/m0/s1. The molecule has 18 heavy (non-hydrogen) atoms. The van der Waals surface area contributed by atoms with Gasteiger partial charge >= 0.3 is 12.1 Å². The predicted molar refractivity (Wildman–Crippen MR) is 72.5 cm³/mol. The summed E-state index contributed by atoms with van der Waals surface area (Å²) < 4.78 is 8.70. The molecule has 6 heteroatoms. The number of carbonyl (C=O) groups is 2. The number of ether oxygens (including phenoxy) is 2. The zero-order valence-corrected chi connectivity index (χ0v) is 12.5. The van der Waals surface area contributed by atoms with Crippen LogP contribution in [0.3, 0.4) is 0 Å². The van der Waals surface area contributed by atoms with E-state index in [9.17, 15) is 9.59 Å². The summed E-state index contributed by atoms with van der Waals surface area (Å²) in [4.78, 5) is 22.8. The number of hydrogen-bond donors (Lipinski definition) is 1. The maximum atomic E-state index is 11.7. The second kappa shape index (κ2) is 7.63. The van der Waals surface area contributed by atoms with Crippen LogP contribution < -0.4 is 5.73 Å². The van der Waals surface area contributed by atoms with Gasteiger partial charge in [0.15, 0.2) is 0 Å². The molecule has 0 saturated heterocycles. The molecule has 0 heterocycles. The van der Waals surface area contributed by atoms with E-state index in [0.29, 0.717) is 11.7 Å². The van der Waals surface area contributed by atoms with E-state index in [1.54, 1.807) is 11.8 Å². The van der Waals surface area contributed by atoms with Gasteiger partial charge in [-0.3, -0.25) is 0 Å². The number of thioether (sulfide) groups is 1. The topological polar surface area (TPSA) is 78.6 Å². The van der Waals surface area contributed by atoms with Crippen molar-refractivity contribution in [3.8, 4) is 0 Å². The van der Waals surface area contributed by atoms with Crippen LogP contribution in [0.2, 0.25) is 0 Å². The van der Waals surface area contributed by atoms with Gasteiger partial charge in [-0.1, -0.05) is 20.8 Å². The maximum absolute atomic E-state index is 11.7. The van der Waals surface area contributed by atoms with Crippen LogP contribution in [-0.4, -0.2) is 34.8 Å². The number of nitrogens with two attached hydrogens (primary N) is 1. The second-order valence-corrected chi connectivity index (χ2v) is 7.00. The van der Waals surface area contributed by atoms with E-state index in [2.05, 4.69) is 9.47 Å². The molecule has 0 fully saturated rings. The van der Waals surface area contributed by atoms with Crippen LogP contribution in [0.5, 0.6) is 0 Å². The minimum Gasteiger partial charge on any atom is -0.434 e. The fourth-order valence-corrected chi connectivity index (χ4v) is 2.78. The van der Waals surface area contributed by atoms with Crippen LogP contribution in [-0.2, 0) is 14.3 Å². The highest BCUT2D eigenvalue weighted by Crippen LogP contribution is 2.31. The molecule has 0 aliphatic rings. The van der Waals surface area contributed by atoms with Gasteiger partial charge in [0.1, 0.15) is 6.04 Å². The molecule has 0 aromatic carbocycles. The van der Waals surface area contributed by atoms with Crippen molar-refractivity contribution in [1.82, 2.24) is 0 Å². The Morgan fingerprint density at radius 3 is 2.33 bits per heavy atom. The van der Waals surface area contributed by atoms with Gasteiger partial charge in [0.2, 0.25) is 0 Å². The minimum atomic E-state index is -0.984. The van der Waals surface area contributed by atoms with E-state index >= 15 is 0 Å². The molecular weight excluding hydrogens is 254 g/mol. The van der Waals surface area contributed by atoms with Crippen molar-refractivity contribution in [3.05, 3.63) is 0 Å². The highest BCUT2D eigenvalue weighted by molar-refractivity contribution is 8.01. The van der Waals surface area contributed by atoms with Crippen molar-refractivity contribution in [2.24, 2.45) is 5.73 Å². The SMILES string of the molecule is CCCOC(=O)OC(=O)[C@H](N)C(C)(C)SC(C)C. The summed E-state index contributed by atoms with van der Waals surface area (Å²) in [7, 11) is 0. The first-order valence-corrected chi connectivity index (χ1v) is 6.90. The Hall–Kier alpha value is -0.750. The van der Waals surface area contributed by atoms with Crippen LogP contribution >= 0.6 is 11.8 Å². The van der Waals surface area contributed by atoms with Gasteiger partial charge in [0.05, 0.1) is 6.61 Å². The maximum Gasteiger partial charge on any atom is 0.516 e. The van der Waals surface area contributed by atoms with E-state index in [1.165, 1.54) is 0 Å². The van der Waals surface area contributed by atoms with Crippen LogP contribution in [0.15, 0.2) is 0 Å². The molecule has 0 aromatic heterocycles. The Morgan fingerprint density at radius 1 is 1.33 bits per heavy atom. The molecule has 0 aliphatic heterocycles. The van der Waals surface area contributed by atoms with E-state index in [-0.39, 0.29) is 6.61 Å². The number of carbonyl (C=O) groups excluding carboxylic acids is 2. The Morgan fingerprint density at radius 2 is 1.89 bits per heavy atom. The number of hydrogen-bond acceptors (Lipinski definition) is 6. The summed E-state index contributed by atoms with van der Waals surface area (Å²) in [5.74, 6) is -0.755. The molecule has 0 radical (unpaired) electrons. The smallest absolute Gasteiger partial charge is 0.434 e. The average molecular weight is 277 g/mol. The van der Waals surface area contributed by atoms with Gasteiger partial charge < -0.3 is 15.2 Å². The summed E-state index contributed by atoms with van der Waals surface area (Å²) in [5.41, 5.74) is 5.82. The van der Waals surface area contributed by atoms with Gasteiger partial charge in [-0.2, -0.15) is 11.8 Å². The van der Waals surface area contributed by atoms with Gasteiger partial charge in [-0.15, -0.1) is 0 Å². The number of esters is 1. The molecule has 1 atom stereocenters. The van der Waals surface area contributed by atoms with Crippen molar-refractivity contribution < 1.29 is 19.1 Å². The summed E-state index contributed by atoms with van der Waals surface area (Å²) in [6.07, 6.45) is -0.313. The lowest BCUT2D eigenvalue weighted by molar-refractivity contribution is -0.141. The molecule has 0 rings (SSSR count). The monoisotopic (exact) mass is 277 g/mol. The zero-order chi connectivity index (χ0) is 14.3. The summed E-state index contributed by atoms with van der Waals surface area (Å²) >= 11 is 1.56. The molecule has 0 aliphatic carbocycles. The Labute approximate surface area is 113 Å². The second-order valence-electron chi connectivity index (χ2n) is 4.77. The molecular formula is C12H23NO4S. The van der Waals surface area contributed by atoms with Gasteiger partial charge in [0, 0.05) is 4.75 Å². The number of rotatable bonds is 6. The predicted octanol–water partition coefficient (Wildman–Crippen LogP) is 2.32. The molecule has 0 amide bonds. The van der Waals surface area contributed by atoms with Gasteiger partial charge in [-0.05, 0) is 25.5 Å². The molecule has 0 bridgehead atoms. The lowest BCUT2D eigenvalue weighted by Crippen LogP contribution is -2.48. The first-order valence-electron chi connectivity index (χ1n) is 6.02. The Bertz CT molecular complexity index is 292. The fourth-order valence-electron chi connectivity index (χ4n) is 1.33. The molecule has 0 saturated carbocycles. The van der Waals surface area contributed by atoms with Crippen molar-refractivity contribution >= 4 is 23.9 Å². The Kier molecular flexibility index (Phi) is 7.32. The van der Waals surface area contributed by atoms with Gasteiger partial charge in [0.25, 0.3) is 0 Å². The van der Waals surface area contributed by atoms with Crippen molar-refractivity contribution in [2.75, 3.05) is 6.61 Å². The van der Waals surface area contributed by atoms with Crippen molar-refractivity contribution in [2.45, 2.75) is 57.1 Å². The molecule has 0 spiro atoms. The first kappa shape index (κ1) is 17.2. The average Bonchev–Trinajstić information content (AvgIpc) is 2.23. The van der Waals surface area contributed by atoms with E-state index in [4.69, 9.17) is 5.73 Å². The molecule has 0 unspecified atom stereocenters. The third kappa shape index (κ3) is 6.26. The van der Waals surface area contributed by atoms with E-state index in [0.717, 1.165) is 0 Å². The minimum absolute atomic E-state index is 0.228.